The summed E-state index contributed by atoms with van der Waals surface area (Å²) >= 11 is 0. The van der Waals surface area contributed by atoms with E-state index in [0.717, 1.165) is 44.5 Å². The fourth-order valence-electron chi connectivity index (χ4n) is 4.12. The van der Waals surface area contributed by atoms with Crippen molar-refractivity contribution in [3.63, 3.8) is 0 Å². The quantitative estimate of drug-likeness (QED) is 0.139. The second-order valence-electron chi connectivity index (χ2n) is 10.4. The van der Waals surface area contributed by atoms with Crippen molar-refractivity contribution < 1.29 is 24.5 Å². The minimum absolute atomic E-state index is 0. The van der Waals surface area contributed by atoms with E-state index < -0.39 is 8.07 Å². The van der Waals surface area contributed by atoms with E-state index in [2.05, 4.69) is 91.1 Å². The fraction of sp³-hybridized carbons (Fsp3) is 0.152. The van der Waals surface area contributed by atoms with Crippen LogP contribution in [0.3, 0.4) is 0 Å². The molecule has 0 fully saturated rings. The maximum absolute atomic E-state index is 5.86. The van der Waals surface area contributed by atoms with Crippen molar-refractivity contribution in [2.24, 2.45) is 0 Å². The topological polar surface area (TPSA) is 38.9 Å². The number of pyridine rings is 2. The number of hydrogen-bond acceptors (Lipinski definition) is 3. The standard InChI is InChI=1S/C20H18NOSi.C13H12N.Ir/c1-23(2,3)15-8-6-7-14(11-15)18-12-17-16-9-4-5-10-19(16)22-20(17)13-21-18;1-10-3-6-12(7-4-10)13-8-5-11(2)9-14-13;/h4-10,12-13H,1-3H3;3-6,8-9H,1-2H3;/q2*-1;. The van der Waals surface area contributed by atoms with Gasteiger partial charge in [-0.05, 0) is 29.9 Å². The molecule has 0 spiro atoms. The molecule has 0 aliphatic heterocycles. The van der Waals surface area contributed by atoms with Gasteiger partial charge in [-0.1, -0.05) is 63.0 Å². The molecule has 0 saturated carbocycles. The van der Waals surface area contributed by atoms with Gasteiger partial charge in [0.05, 0.1) is 14.3 Å². The van der Waals surface area contributed by atoms with Gasteiger partial charge < -0.3 is 14.4 Å². The summed E-state index contributed by atoms with van der Waals surface area (Å²) in [7, 11) is -1.38. The first kappa shape index (κ1) is 27.7. The third-order valence-corrected chi connectivity index (χ3v) is 8.21. The molecule has 0 aliphatic rings. The zero-order valence-corrected chi connectivity index (χ0v) is 25.7. The van der Waals surface area contributed by atoms with Crippen LogP contribution >= 0.6 is 0 Å². The molecule has 0 aliphatic carbocycles. The van der Waals surface area contributed by atoms with Crippen LogP contribution in [0.4, 0.5) is 0 Å². The minimum atomic E-state index is -1.38. The van der Waals surface area contributed by atoms with E-state index in [4.69, 9.17) is 4.42 Å². The molecule has 38 heavy (non-hydrogen) atoms. The minimum Gasteiger partial charge on any atom is -0.455 e. The van der Waals surface area contributed by atoms with E-state index >= 15 is 0 Å². The molecule has 0 bridgehead atoms. The van der Waals surface area contributed by atoms with Gasteiger partial charge in [0.25, 0.3) is 0 Å². The number of aromatic nitrogens is 2. The first-order valence-corrected chi connectivity index (χ1v) is 16.0. The van der Waals surface area contributed by atoms with Crippen molar-refractivity contribution in [1.82, 2.24) is 9.97 Å². The molecule has 0 atom stereocenters. The number of rotatable bonds is 3. The molecule has 0 N–H and O–H groups in total. The Morgan fingerprint density at radius 3 is 2.16 bits per heavy atom. The van der Waals surface area contributed by atoms with Crippen LogP contribution < -0.4 is 5.19 Å². The molecule has 6 aromatic rings. The fourth-order valence-corrected chi connectivity index (χ4v) is 5.23. The van der Waals surface area contributed by atoms with E-state index in [0.29, 0.717) is 0 Å². The van der Waals surface area contributed by atoms with Gasteiger partial charge in [0.15, 0.2) is 5.58 Å². The van der Waals surface area contributed by atoms with Gasteiger partial charge in [-0.3, -0.25) is 0 Å². The smallest absolute Gasteiger partial charge is 0.151 e. The van der Waals surface area contributed by atoms with Crippen molar-refractivity contribution in [1.29, 1.82) is 0 Å². The predicted molar refractivity (Wildman–Crippen MR) is 157 cm³/mol. The maximum atomic E-state index is 5.86. The van der Waals surface area contributed by atoms with E-state index in [-0.39, 0.29) is 20.1 Å². The molecule has 0 saturated heterocycles. The molecule has 1 radical (unpaired) electrons. The second-order valence-corrected chi connectivity index (χ2v) is 15.4. The number of aryl methyl sites for hydroxylation is 2. The number of fused-ring (bicyclic) bond motifs is 3. The zero-order valence-electron chi connectivity index (χ0n) is 22.3. The molecular formula is C33H30IrN2OSi-2. The van der Waals surface area contributed by atoms with Crippen molar-refractivity contribution in [2.45, 2.75) is 33.5 Å². The third-order valence-electron chi connectivity index (χ3n) is 6.30. The summed E-state index contributed by atoms with van der Waals surface area (Å²) in [4.78, 5) is 8.93. The number of furan rings is 1. The average molecular weight is 691 g/mol. The molecule has 3 aromatic heterocycles. The Morgan fingerprint density at radius 1 is 0.684 bits per heavy atom. The van der Waals surface area contributed by atoms with Gasteiger partial charge in [-0.25, -0.2) is 0 Å². The number of nitrogens with zero attached hydrogens (tertiary/aromatic N) is 2. The van der Waals surface area contributed by atoms with Crippen LogP contribution in [0.5, 0.6) is 0 Å². The Labute approximate surface area is 239 Å². The summed E-state index contributed by atoms with van der Waals surface area (Å²) < 4.78 is 5.86. The van der Waals surface area contributed by atoms with Gasteiger partial charge >= 0.3 is 0 Å². The van der Waals surface area contributed by atoms with Crippen LogP contribution in [-0.2, 0) is 20.1 Å². The van der Waals surface area contributed by atoms with Gasteiger partial charge in [0, 0.05) is 37.1 Å². The Balaban J connectivity index is 0.000000193. The van der Waals surface area contributed by atoms with Gasteiger partial charge in [-0.2, -0.15) is 0 Å². The van der Waals surface area contributed by atoms with Crippen molar-refractivity contribution >= 4 is 35.2 Å². The van der Waals surface area contributed by atoms with Crippen LogP contribution in [0.15, 0.2) is 95.7 Å². The van der Waals surface area contributed by atoms with Gasteiger partial charge in [0.1, 0.15) is 5.58 Å². The molecule has 6 rings (SSSR count). The Kier molecular flexibility index (Phi) is 8.42. The summed E-state index contributed by atoms with van der Waals surface area (Å²) in [5.74, 6) is 0. The van der Waals surface area contributed by atoms with E-state index in [1.54, 1.807) is 0 Å². The summed E-state index contributed by atoms with van der Waals surface area (Å²) in [6.07, 6.45) is 3.70. The zero-order chi connectivity index (χ0) is 26.0. The Bertz CT molecular complexity index is 1620. The SMILES string of the molecule is C[Si](C)(C)c1[c-]c(-c2cc3c(cn2)oc2ccccc23)ccc1.Cc1c[c-]c(-c2ccc(C)cn2)cc1.[Ir]. The average Bonchev–Trinajstić information content (AvgIpc) is 3.28. The molecule has 5 heteroatoms. The van der Waals surface area contributed by atoms with E-state index in [9.17, 15) is 0 Å². The maximum Gasteiger partial charge on any atom is 0.151 e. The molecule has 0 unspecified atom stereocenters. The molecule has 3 aromatic carbocycles. The number of para-hydroxylation sites is 1. The second kappa shape index (κ2) is 11.6. The normalized spacial score (nSPS) is 11.1. The summed E-state index contributed by atoms with van der Waals surface area (Å²) in [6.45, 7) is 11.1. The van der Waals surface area contributed by atoms with Crippen molar-refractivity contribution in [3.8, 4) is 22.5 Å². The Morgan fingerprint density at radius 2 is 1.45 bits per heavy atom. The van der Waals surface area contributed by atoms with Crippen LogP contribution in [0.25, 0.3) is 44.5 Å². The van der Waals surface area contributed by atoms with Gasteiger partial charge in [0.2, 0.25) is 0 Å². The number of hydrogen-bond donors (Lipinski definition) is 0. The van der Waals surface area contributed by atoms with Crippen LogP contribution in [0, 0.1) is 26.0 Å². The van der Waals surface area contributed by atoms with Crippen molar-refractivity contribution in [3.05, 3.63) is 115 Å². The van der Waals surface area contributed by atoms with Crippen molar-refractivity contribution in [2.75, 3.05) is 0 Å². The first-order chi connectivity index (χ1) is 17.8. The molecular weight excluding hydrogens is 661 g/mol. The van der Waals surface area contributed by atoms with E-state index in [1.807, 2.05) is 55.7 Å². The largest absolute Gasteiger partial charge is 0.455 e. The van der Waals surface area contributed by atoms with E-state index in [1.165, 1.54) is 16.3 Å². The summed E-state index contributed by atoms with van der Waals surface area (Å²) in [6, 6.07) is 33.6. The Hall–Kier alpha value is -3.37. The number of benzene rings is 3. The molecule has 3 heterocycles. The van der Waals surface area contributed by atoms with Crippen LogP contribution in [0.2, 0.25) is 19.6 Å². The molecule has 193 valence electrons. The van der Waals surface area contributed by atoms with Crippen LogP contribution in [0.1, 0.15) is 11.1 Å². The van der Waals surface area contributed by atoms with Gasteiger partial charge in [-0.15, -0.1) is 70.4 Å². The first-order valence-electron chi connectivity index (χ1n) is 12.5. The summed E-state index contributed by atoms with van der Waals surface area (Å²) in [5.41, 5.74) is 8.17. The predicted octanol–water partition coefficient (Wildman–Crippen LogP) is 8.16. The third kappa shape index (κ3) is 6.19. The van der Waals surface area contributed by atoms with Crippen LogP contribution in [-0.4, -0.2) is 18.0 Å². The molecule has 3 nitrogen and oxygen atoms in total. The molecule has 0 amide bonds. The summed E-state index contributed by atoms with van der Waals surface area (Å²) in [5, 5.41) is 3.57. The monoisotopic (exact) mass is 691 g/mol.